The number of nitrogens with two attached hydrogens (primary N) is 1. The number of pyridine rings is 2. The zero-order valence-corrected chi connectivity index (χ0v) is 8.84. The van der Waals surface area contributed by atoms with Gasteiger partial charge in [-0.3, -0.25) is 9.78 Å². The summed E-state index contributed by atoms with van der Waals surface area (Å²) >= 11 is 0. The van der Waals surface area contributed by atoms with Gasteiger partial charge in [0.05, 0.1) is 12.2 Å². The van der Waals surface area contributed by atoms with E-state index >= 15 is 0 Å². The van der Waals surface area contributed by atoms with Crippen LogP contribution in [-0.4, -0.2) is 9.55 Å². The zero-order valence-electron chi connectivity index (χ0n) is 8.84. The molecule has 0 spiro atoms. The molecule has 82 valence electrons. The van der Waals surface area contributed by atoms with Crippen molar-refractivity contribution < 1.29 is 0 Å². The van der Waals surface area contributed by atoms with Crippen LogP contribution < -0.4 is 11.3 Å². The van der Waals surface area contributed by atoms with Crippen molar-refractivity contribution in [3.05, 3.63) is 64.3 Å². The van der Waals surface area contributed by atoms with Crippen molar-refractivity contribution in [2.75, 3.05) is 0 Å². The smallest absolute Gasteiger partial charge is 0.255 e. The molecule has 16 heavy (non-hydrogen) atoms. The highest BCUT2D eigenvalue weighted by molar-refractivity contribution is 5.12. The molecule has 2 aromatic heterocycles. The third-order valence-corrected chi connectivity index (χ3v) is 2.38. The van der Waals surface area contributed by atoms with Crippen molar-refractivity contribution in [2.45, 2.75) is 13.1 Å². The molecule has 2 rings (SSSR count). The quantitative estimate of drug-likeness (QED) is 0.821. The van der Waals surface area contributed by atoms with Gasteiger partial charge < -0.3 is 10.3 Å². The lowest BCUT2D eigenvalue weighted by Gasteiger charge is -2.06. The molecular formula is C12H13N3O. The molecule has 0 amide bonds. The molecular weight excluding hydrogens is 202 g/mol. The van der Waals surface area contributed by atoms with Crippen LogP contribution in [0.1, 0.15) is 11.3 Å². The maximum atomic E-state index is 11.9. The average molecular weight is 215 g/mol. The molecule has 0 aliphatic carbocycles. The Morgan fingerprint density at radius 2 is 2.12 bits per heavy atom. The van der Waals surface area contributed by atoms with E-state index in [9.17, 15) is 4.79 Å². The second-order valence-corrected chi connectivity index (χ2v) is 3.49. The minimum Gasteiger partial charge on any atom is -0.326 e. The van der Waals surface area contributed by atoms with Gasteiger partial charge in [-0.05, 0) is 18.2 Å². The van der Waals surface area contributed by atoms with Crippen molar-refractivity contribution in [1.29, 1.82) is 0 Å². The maximum Gasteiger partial charge on any atom is 0.255 e. The first kappa shape index (κ1) is 10.6. The molecule has 0 saturated heterocycles. The molecule has 2 heterocycles. The lowest BCUT2D eigenvalue weighted by molar-refractivity contribution is 0.726. The van der Waals surface area contributed by atoms with E-state index in [1.165, 1.54) is 0 Å². The van der Waals surface area contributed by atoms with Gasteiger partial charge in [-0.15, -0.1) is 0 Å². The van der Waals surface area contributed by atoms with Gasteiger partial charge in [0, 0.05) is 24.5 Å². The fourth-order valence-corrected chi connectivity index (χ4v) is 1.53. The summed E-state index contributed by atoms with van der Waals surface area (Å²) in [6.45, 7) is 0.745. The first-order chi connectivity index (χ1) is 7.81. The minimum absolute atomic E-state index is 0.0457. The van der Waals surface area contributed by atoms with Crippen molar-refractivity contribution in [3.8, 4) is 0 Å². The van der Waals surface area contributed by atoms with Crippen molar-refractivity contribution in [3.63, 3.8) is 0 Å². The van der Waals surface area contributed by atoms with Gasteiger partial charge in [0.2, 0.25) is 0 Å². The van der Waals surface area contributed by atoms with Gasteiger partial charge in [0.1, 0.15) is 0 Å². The molecule has 4 heteroatoms. The standard InChI is InChI=1S/C12H13N3O/c13-8-10-4-3-7-15(12(10)16)9-11-5-1-2-6-14-11/h1-7H,8-9,13H2. The summed E-state index contributed by atoms with van der Waals surface area (Å²) in [7, 11) is 0. The number of aromatic nitrogens is 2. The molecule has 0 atom stereocenters. The number of hydrogen-bond acceptors (Lipinski definition) is 3. The number of nitrogens with zero attached hydrogens (tertiary/aromatic N) is 2. The molecule has 2 N–H and O–H groups in total. The Morgan fingerprint density at radius 3 is 2.81 bits per heavy atom. The summed E-state index contributed by atoms with van der Waals surface area (Å²) in [4.78, 5) is 16.0. The lowest BCUT2D eigenvalue weighted by Crippen LogP contribution is -2.25. The number of hydrogen-bond donors (Lipinski definition) is 1. The van der Waals surface area contributed by atoms with Crippen LogP contribution in [0.3, 0.4) is 0 Å². The topological polar surface area (TPSA) is 60.9 Å². The van der Waals surface area contributed by atoms with E-state index in [0.29, 0.717) is 12.1 Å². The molecule has 0 radical (unpaired) electrons. The molecule has 0 unspecified atom stereocenters. The Hall–Kier alpha value is -1.94. The first-order valence-corrected chi connectivity index (χ1v) is 5.09. The van der Waals surface area contributed by atoms with E-state index in [0.717, 1.165) is 5.69 Å². The largest absolute Gasteiger partial charge is 0.326 e. The summed E-state index contributed by atoms with van der Waals surface area (Å²) < 4.78 is 1.62. The molecule has 0 bridgehead atoms. The molecule has 4 nitrogen and oxygen atoms in total. The van der Waals surface area contributed by atoms with E-state index in [-0.39, 0.29) is 12.1 Å². The fourth-order valence-electron chi connectivity index (χ4n) is 1.53. The van der Waals surface area contributed by atoms with Crippen molar-refractivity contribution >= 4 is 0 Å². The molecule has 0 aromatic carbocycles. The Balaban J connectivity index is 2.32. The Bertz CT molecular complexity index is 519. The normalized spacial score (nSPS) is 10.3. The molecule has 2 aromatic rings. The summed E-state index contributed by atoms with van der Waals surface area (Å²) in [6, 6.07) is 9.22. The van der Waals surface area contributed by atoms with Gasteiger partial charge in [0.25, 0.3) is 5.56 Å². The maximum absolute atomic E-state index is 11.9. The van der Waals surface area contributed by atoms with Crippen LogP contribution in [0.5, 0.6) is 0 Å². The van der Waals surface area contributed by atoms with Gasteiger partial charge in [-0.1, -0.05) is 12.1 Å². The summed E-state index contributed by atoms with van der Waals surface area (Å²) in [5.41, 5.74) is 6.92. The van der Waals surface area contributed by atoms with Crippen LogP contribution >= 0.6 is 0 Å². The van der Waals surface area contributed by atoms with E-state index in [4.69, 9.17) is 5.73 Å². The fraction of sp³-hybridized carbons (Fsp3) is 0.167. The van der Waals surface area contributed by atoms with Gasteiger partial charge in [-0.25, -0.2) is 0 Å². The zero-order chi connectivity index (χ0) is 11.4. The summed E-state index contributed by atoms with van der Waals surface area (Å²) in [6.07, 6.45) is 3.46. The van der Waals surface area contributed by atoms with Crippen LogP contribution in [0.2, 0.25) is 0 Å². The van der Waals surface area contributed by atoms with Gasteiger partial charge >= 0.3 is 0 Å². The predicted molar refractivity (Wildman–Crippen MR) is 61.9 cm³/mol. The van der Waals surface area contributed by atoms with E-state index in [2.05, 4.69) is 4.98 Å². The van der Waals surface area contributed by atoms with Gasteiger partial charge in [0.15, 0.2) is 0 Å². The third kappa shape index (κ3) is 2.17. The van der Waals surface area contributed by atoms with E-state index in [1.54, 1.807) is 23.0 Å². The number of rotatable bonds is 3. The first-order valence-electron chi connectivity index (χ1n) is 5.09. The minimum atomic E-state index is -0.0457. The van der Waals surface area contributed by atoms with Crippen molar-refractivity contribution in [2.24, 2.45) is 5.73 Å². The highest BCUT2D eigenvalue weighted by Gasteiger charge is 2.02. The second-order valence-electron chi connectivity index (χ2n) is 3.49. The lowest BCUT2D eigenvalue weighted by atomic mass is 10.2. The monoisotopic (exact) mass is 215 g/mol. The van der Waals surface area contributed by atoms with Gasteiger partial charge in [-0.2, -0.15) is 0 Å². The summed E-state index contributed by atoms with van der Waals surface area (Å²) in [5, 5.41) is 0. The average Bonchev–Trinajstić information content (AvgIpc) is 2.33. The Morgan fingerprint density at radius 1 is 1.25 bits per heavy atom. The highest BCUT2D eigenvalue weighted by atomic mass is 16.1. The summed E-state index contributed by atoms with van der Waals surface area (Å²) in [5.74, 6) is 0. The molecule has 0 fully saturated rings. The second kappa shape index (κ2) is 4.72. The Labute approximate surface area is 93.4 Å². The predicted octanol–water partition coefficient (Wildman–Crippen LogP) is 0.750. The van der Waals surface area contributed by atoms with Crippen LogP contribution in [0.25, 0.3) is 0 Å². The Kier molecular flexibility index (Phi) is 3.12. The highest BCUT2D eigenvalue weighted by Crippen LogP contribution is 1.97. The SMILES string of the molecule is NCc1cccn(Cc2ccccn2)c1=O. The van der Waals surface area contributed by atoms with Crippen molar-refractivity contribution in [1.82, 2.24) is 9.55 Å². The third-order valence-electron chi connectivity index (χ3n) is 2.38. The molecule has 0 aliphatic heterocycles. The van der Waals surface area contributed by atoms with E-state index < -0.39 is 0 Å². The molecule has 0 saturated carbocycles. The van der Waals surface area contributed by atoms with Crippen LogP contribution in [0.15, 0.2) is 47.5 Å². The van der Waals surface area contributed by atoms with Crippen LogP contribution in [0, 0.1) is 0 Å². The van der Waals surface area contributed by atoms with Crippen LogP contribution in [0.4, 0.5) is 0 Å². The molecule has 0 aliphatic rings. The van der Waals surface area contributed by atoms with E-state index in [1.807, 2.05) is 24.3 Å². The van der Waals surface area contributed by atoms with Crippen LogP contribution in [-0.2, 0) is 13.1 Å².